The molecule has 0 bridgehead atoms. The Balaban J connectivity index is 1.91. The number of allylic oxidation sites excluding steroid dienone is 4. The summed E-state index contributed by atoms with van der Waals surface area (Å²) in [6, 6.07) is 9.74. The number of benzene rings is 2. The van der Waals surface area contributed by atoms with E-state index in [-0.39, 0.29) is 5.92 Å². The molecule has 2 aromatic rings. The van der Waals surface area contributed by atoms with Crippen LogP contribution in [0.3, 0.4) is 0 Å². The van der Waals surface area contributed by atoms with Gasteiger partial charge >= 0.3 is 0 Å². The van der Waals surface area contributed by atoms with Crippen molar-refractivity contribution in [3.63, 3.8) is 0 Å². The maximum atomic E-state index is 14.1. The molecule has 2 N–H and O–H groups in total. The van der Waals surface area contributed by atoms with Gasteiger partial charge in [-0.15, -0.1) is 0 Å². The quantitative estimate of drug-likeness (QED) is 0.577. The number of halogens is 3. The fourth-order valence-electron chi connectivity index (χ4n) is 2.66. The van der Waals surface area contributed by atoms with E-state index in [1.54, 1.807) is 6.08 Å². The lowest BCUT2D eigenvalue weighted by molar-refractivity contribution is 0.568. The molecule has 3 nitrogen and oxygen atoms in total. The van der Waals surface area contributed by atoms with E-state index >= 15 is 0 Å². The van der Waals surface area contributed by atoms with Crippen molar-refractivity contribution in [3.8, 4) is 0 Å². The number of hydrogen-bond acceptors (Lipinski definition) is 3. The van der Waals surface area contributed by atoms with Crippen molar-refractivity contribution in [2.45, 2.75) is 10.8 Å². The molecule has 0 heterocycles. The van der Waals surface area contributed by atoms with Crippen LogP contribution in [0, 0.1) is 5.82 Å². The molecule has 0 fully saturated rings. The van der Waals surface area contributed by atoms with Gasteiger partial charge in [0.05, 0.1) is 0 Å². The molecule has 2 aromatic carbocycles. The van der Waals surface area contributed by atoms with Gasteiger partial charge in [0, 0.05) is 19.7 Å². The minimum absolute atomic E-state index is 0.0633. The average molecular weight is 517 g/mol. The van der Waals surface area contributed by atoms with E-state index in [9.17, 15) is 12.8 Å². The predicted molar refractivity (Wildman–Crippen MR) is 112 cm³/mol. The zero-order chi connectivity index (χ0) is 19.1. The second-order valence-electron chi connectivity index (χ2n) is 5.70. The van der Waals surface area contributed by atoms with Crippen LogP contribution in [0.25, 0.3) is 5.57 Å². The average Bonchev–Trinajstić information content (AvgIpc) is 2.56. The van der Waals surface area contributed by atoms with Crippen LogP contribution in [0.15, 0.2) is 68.5 Å². The third kappa shape index (κ3) is 4.04. The lowest BCUT2D eigenvalue weighted by atomic mass is 9.88. The Bertz CT molecular complexity index is 1080. The summed E-state index contributed by atoms with van der Waals surface area (Å²) < 4.78 is 38.6. The SMILES string of the molecule is NS(=O)(=O)c1ccc(C2=CC(=S)C(c3ccc(Br)c(Br)c3)C=C2)cc1F. The van der Waals surface area contributed by atoms with Crippen LogP contribution in [0.1, 0.15) is 17.0 Å². The Morgan fingerprint density at radius 2 is 1.81 bits per heavy atom. The van der Waals surface area contributed by atoms with Gasteiger partial charge in [-0.05, 0) is 78.9 Å². The van der Waals surface area contributed by atoms with Gasteiger partial charge in [0.1, 0.15) is 10.7 Å². The number of thiocarbonyl (C=S) groups is 1. The molecular weight excluding hydrogens is 505 g/mol. The third-order valence-electron chi connectivity index (χ3n) is 3.95. The zero-order valence-corrected chi connectivity index (χ0v) is 17.9. The van der Waals surface area contributed by atoms with Gasteiger partial charge in [-0.3, -0.25) is 0 Å². The van der Waals surface area contributed by atoms with Crippen molar-refractivity contribution in [1.29, 1.82) is 0 Å². The fourth-order valence-corrected chi connectivity index (χ4v) is 4.23. The molecular formula is C18H12Br2FNO2S2. The first-order valence-corrected chi connectivity index (χ1v) is 10.9. The molecule has 0 spiro atoms. The molecule has 0 aliphatic heterocycles. The normalized spacial score (nSPS) is 17.3. The number of sulfonamides is 1. The van der Waals surface area contributed by atoms with Crippen molar-refractivity contribution in [2.24, 2.45) is 5.14 Å². The van der Waals surface area contributed by atoms with E-state index in [0.29, 0.717) is 16.0 Å². The lowest BCUT2D eigenvalue weighted by Crippen LogP contribution is -2.14. The lowest BCUT2D eigenvalue weighted by Gasteiger charge is -2.19. The molecule has 0 saturated carbocycles. The Morgan fingerprint density at radius 1 is 1.08 bits per heavy atom. The van der Waals surface area contributed by atoms with Crippen LogP contribution < -0.4 is 5.14 Å². The smallest absolute Gasteiger partial charge is 0.225 e. The monoisotopic (exact) mass is 515 g/mol. The maximum Gasteiger partial charge on any atom is 0.240 e. The minimum Gasteiger partial charge on any atom is -0.225 e. The molecule has 26 heavy (non-hydrogen) atoms. The summed E-state index contributed by atoms with van der Waals surface area (Å²) >= 11 is 12.4. The van der Waals surface area contributed by atoms with Crippen LogP contribution in [0.5, 0.6) is 0 Å². The van der Waals surface area contributed by atoms with Crippen molar-refractivity contribution >= 4 is 64.5 Å². The Morgan fingerprint density at radius 3 is 2.38 bits per heavy atom. The zero-order valence-electron chi connectivity index (χ0n) is 13.1. The molecule has 1 aliphatic rings. The predicted octanol–water partition coefficient (Wildman–Crippen LogP) is 5.11. The van der Waals surface area contributed by atoms with E-state index < -0.39 is 20.7 Å². The summed E-state index contributed by atoms with van der Waals surface area (Å²) in [6.07, 6.45) is 5.59. The molecule has 0 saturated heterocycles. The van der Waals surface area contributed by atoms with Crippen LogP contribution in [-0.4, -0.2) is 13.3 Å². The number of hydrogen-bond donors (Lipinski definition) is 1. The fraction of sp³-hybridized carbons (Fsp3) is 0.0556. The van der Waals surface area contributed by atoms with Gasteiger partial charge < -0.3 is 0 Å². The standard InChI is InChI=1S/C18H12Br2FNO2S2/c19-14-5-2-12(7-15(14)20)13-4-1-11(9-17(13)25)10-3-6-18(16(21)8-10)26(22,23)24/h1-9,13H,(H2,22,23,24). The summed E-state index contributed by atoms with van der Waals surface area (Å²) in [5.41, 5.74) is 2.28. The van der Waals surface area contributed by atoms with Gasteiger partial charge in [-0.2, -0.15) is 0 Å². The third-order valence-corrected chi connectivity index (χ3v) is 7.14. The second-order valence-corrected chi connectivity index (χ2v) is 9.41. The summed E-state index contributed by atoms with van der Waals surface area (Å²) in [6.45, 7) is 0. The molecule has 3 rings (SSSR count). The van der Waals surface area contributed by atoms with Gasteiger partial charge in [0.2, 0.25) is 10.0 Å². The van der Waals surface area contributed by atoms with E-state index in [1.165, 1.54) is 6.07 Å². The number of primary sulfonamides is 1. The summed E-state index contributed by atoms with van der Waals surface area (Å²) in [5.74, 6) is -0.948. The first-order valence-electron chi connectivity index (χ1n) is 7.38. The highest BCUT2D eigenvalue weighted by molar-refractivity contribution is 9.13. The van der Waals surface area contributed by atoms with Crippen LogP contribution >= 0.6 is 44.1 Å². The molecule has 0 amide bonds. The van der Waals surface area contributed by atoms with Crippen molar-refractivity contribution in [3.05, 3.63) is 80.5 Å². The van der Waals surface area contributed by atoms with Crippen LogP contribution in [-0.2, 0) is 10.0 Å². The summed E-state index contributed by atoms with van der Waals surface area (Å²) in [4.78, 5) is 0.162. The molecule has 134 valence electrons. The molecule has 0 aromatic heterocycles. The molecule has 1 atom stereocenters. The largest absolute Gasteiger partial charge is 0.240 e. The maximum absolute atomic E-state index is 14.1. The molecule has 1 aliphatic carbocycles. The Labute approximate surface area is 173 Å². The summed E-state index contributed by atoms with van der Waals surface area (Å²) in [7, 11) is -4.09. The van der Waals surface area contributed by atoms with E-state index in [4.69, 9.17) is 17.4 Å². The van der Waals surface area contributed by atoms with Gasteiger partial charge in [-0.1, -0.05) is 36.5 Å². The van der Waals surface area contributed by atoms with Crippen molar-refractivity contribution in [2.75, 3.05) is 0 Å². The minimum atomic E-state index is -4.09. The first-order chi connectivity index (χ1) is 12.2. The highest BCUT2D eigenvalue weighted by atomic mass is 79.9. The Kier molecular flexibility index (Phi) is 5.60. The number of rotatable bonds is 3. The van der Waals surface area contributed by atoms with Gasteiger partial charge in [0.25, 0.3) is 0 Å². The highest BCUT2D eigenvalue weighted by Gasteiger charge is 2.20. The van der Waals surface area contributed by atoms with Gasteiger partial charge in [-0.25, -0.2) is 17.9 Å². The Hall–Kier alpha value is -1.19. The van der Waals surface area contributed by atoms with Gasteiger partial charge in [0.15, 0.2) is 0 Å². The van der Waals surface area contributed by atoms with E-state index in [2.05, 4.69) is 31.9 Å². The van der Waals surface area contributed by atoms with E-state index in [0.717, 1.165) is 26.6 Å². The van der Waals surface area contributed by atoms with E-state index in [1.807, 2.05) is 30.4 Å². The highest BCUT2D eigenvalue weighted by Crippen LogP contribution is 2.33. The van der Waals surface area contributed by atoms with Crippen molar-refractivity contribution in [1.82, 2.24) is 0 Å². The molecule has 1 unspecified atom stereocenters. The molecule has 0 radical (unpaired) electrons. The first kappa shape index (κ1) is 19.6. The second kappa shape index (κ2) is 7.44. The van der Waals surface area contributed by atoms with Crippen LogP contribution in [0.4, 0.5) is 4.39 Å². The summed E-state index contributed by atoms with van der Waals surface area (Å²) in [5, 5.41) is 4.99. The number of nitrogens with two attached hydrogens (primary N) is 1. The topological polar surface area (TPSA) is 60.2 Å². The van der Waals surface area contributed by atoms with Crippen molar-refractivity contribution < 1.29 is 12.8 Å². The molecule has 8 heteroatoms. The van der Waals surface area contributed by atoms with Crippen LogP contribution in [0.2, 0.25) is 0 Å².